The second kappa shape index (κ2) is 5.53. The maximum Gasteiger partial charge on any atom is 0.426 e. The van der Waals surface area contributed by atoms with Crippen molar-refractivity contribution in [1.29, 1.82) is 0 Å². The van der Waals surface area contributed by atoms with Gasteiger partial charge in [0, 0.05) is 10.6 Å². The summed E-state index contributed by atoms with van der Waals surface area (Å²) in [6, 6.07) is 6.55. The molecule has 24 heavy (non-hydrogen) atoms. The van der Waals surface area contributed by atoms with E-state index >= 15 is 0 Å². The molecular weight excluding hydrogens is 345 g/mol. The zero-order valence-electron chi connectivity index (χ0n) is 12.8. The van der Waals surface area contributed by atoms with Gasteiger partial charge in [0.15, 0.2) is 0 Å². The van der Waals surface area contributed by atoms with Gasteiger partial charge in [-0.3, -0.25) is 0 Å². The van der Waals surface area contributed by atoms with Gasteiger partial charge in [-0.15, -0.1) is 0 Å². The van der Waals surface area contributed by atoms with Crippen LogP contribution in [-0.2, 0) is 10.3 Å². The van der Waals surface area contributed by atoms with E-state index in [2.05, 4.69) is 5.32 Å². The summed E-state index contributed by atoms with van der Waals surface area (Å²) < 4.78 is 48.6. The van der Waals surface area contributed by atoms with E-state index in [0.717, 1.165) is 6.20 Å². The molecule has 1 N–H and O–H groups in total. The Morgan fingerprint density at radius 2 is 1.96 bits per heavy atom. The highest BCUT2D eigenvalue weighted by atomic mass is 35.5. The number of nitrogens with zero attached hydrogens (tertiary/aromatic N) is 1. The summed E-state index contributed by atoms with van der Waals surface area (Å²) >= 11 is 5.93. The van der Waals surface area contributed by atoms with Gasteiger partial charge < -0.3 is 9.94 Å². The van der Waals surface area contributed by atoms with Gasteiger partial charge in [-0.25, -0.2) is 10.0 Å². The average Bonchev–Trinajstić information content (AvgIpc) is 2.47. The number of benzene rings is 1. The summed E-state index contributed by atoms with van der Waals surface area (Å²) in [6.07, 6.45) is -4.42. The Labute approximate surface area is 141 Å². The third-order valence-corrected chi connectivity index (χ3v) is 4.00. The molecule has 1 atom stereocenters. The zero-order valence-corrected chi connectivity index (χ0v) is 13.6. The molecule has 0 bridgehead atoms. The Balaban J connectivity index is 2.42. The van der Waals surface area contributed by atoms with Crippen molar-refractivity contribution in [2.24, 2.45) is 0 Å². The molecule has 0 spiro atoms. The van der Waals surface area contributed by atoms with Crippen LogP contribution in [0.4, 0.5) is 24.7 Å². The number of anilines is 2. The van der Waals surface area contributed by atoms with E-state index in [9.17, 15) is 18.4 Å². The largest absolute Gasteiger partial charge is 0.711 e. The third-order valence-electron chi connectivity index (χ3n) is 3.76. The van der Waals surface area contributed by atoms with Crippen LogP contribution in [0.2, 0.25) is 5.02 Å². The molecule has 0 aliphatic carbocycles. The average molecular weight is 359 g/mol. The van der Waals surface area contributed by atoms with Gasteiger partial charge in [-0.05, 0) is 44.2 Å². The number of rotatable bonds is 2. The fourth-order valence-corrected chi connectivity index (χ4v) is 3.11. The number of nitrogens with one attached hydrogen (secondary N) is 1. The van der Waals surface area contributed by atoms with Crippen LogP contribution in [0.15, 0.2) is 36.5 Å². The predicted molar refractivity (Wildman–Crippen MR) is 83.2 cm³/mol. The number of alkyl halides is 3. The topological polar surface area (TPSA) is 48.2 Å². The molecular formula is C16H14ClF3N2O2. The van der Waals surface area contributed by atoms with Crippen LogP contribution < -0.4 is 10.0 Å². The molecule has 1 aliphatic heterocycles. The maximum absolute atomic E-state index is 14.3. The van der Waals surface area contributed by atoms with Gasteiger partial charge >= 0.3 is 6.18 Å². The first-order valence-electron chi connectivity index (χ1n) is 7.21. The van der Waals surface area contributed by atoms with Gasteiger partial charge in [0.25, 0.3) is 5.82 Å². The van der Waals surface area contributed by atoms with Crippen molar-refractivity contribution in [2.75, 3.05) is 5.32 Å². The van der Waals surface area contributed by atoms with Crippen LogP contribution in [-0.4, -0.2) is 12.3 Å². The number of aromatic nitrogens is 1. The van der Waals surface area contributed by atoms with Crippen LogP contribution in [0.3, 0.4) is 0 Å². The third kappa shape index (κ3) is 2.39. The number of fused-ring (bicyclic) bond motifs is 2. The monoisotopic (exact) mass is 358 g/mol. The van der Waals surface area contributed by atoms with Crippen LogP contribution in [0.25, 0.3) is 0 Å². The lowest BCUT2D eigenvalue weighted by atomic mass is 9.81. The number of hydrogen-bond donors (Lipinski definition) is 1. The molecule has 2 heterocycles. The quantitative estimate of drug-likeness (QED) is 0.644. The number of ether oxygens (including phenoxy) is 1. The Bertz CT molecular complexity index is 791. The predicted octanol–water partition coefficient (Wildman–Crippen LogP) is 4.26. The van der Waals surface area contributed by atoms with Crippen LogP contribution in [0.5, 0.6) is 0 Å². The molecule has 1 aromatic heterocycles. The van der Waals surface area contributed by atoms with E-state index in [0.29, 0.717) is 4.73 Å². The molecule has 0 radical (unpaired) electrons. The molecule has 1 unspecified atom stereocenters. The van der Waals surface area contributed by atoms with Crippen molar-refractivity contribution in [3.8, 4) is 0 Å². The van der Waals surface area contributed by atoms with E-state index < -0.39 is 17.9 Å². The highest BCUT2D eigenvalue weighted by Crippen LogP contribution is 2.54. The minimum Gasteiger partial charge on any atom is -0.711 e. The number of halogens is 4. The Morgan fingerprint density at radius 1 is 1.25 bits per heavy atom. The van der Waals surface area contributed by atoms with Gasteiger partial charge in [0.1, 0.15) is 5.69 Å². The molecule has 4 nitrogen and oxygen atoms in total. The summed E-state index contributed by atoms with van der Waals surface area (Å²) in [6.45, 7) is 3.02. The van der Waals surface area contributed by atoms with E-state index in [1.54, 1.807) is 0 Å². The highest BCUT2D eigenvalue weighted by Gasteiger charge is 2.64. The van der Waals surface area contributed by atoms with Gasteiger partial charge in [-0.1, -0.05) is 11.6 Å². The van der Waals surface area contributed by atoms with Crippen molar-refractivity contribution in [1.82, 2.24) is 0 Å². The van der Waals surface area contributed by atoms with Crippen LogP contribution >= 0.6 is 11.6 Å². The minimum absolute atomic E-state index is 0.126. The maximum atomic E-state index is 14.3. The Morgan fingerprint density at radius 3 is 2.58 bits per heavy atom. The minimum atomic E-state index is -4.80. The van der Waals surface area contributed by atoms with E-state index in [1.807, 2.05) is 0 Å². The molecule has 1 aromatic carbocycles. The standard InChI is InChI=1S/C16H14ClF3N2O2/c1-9(2)24-15(16(18,19)20)11-4-3-7-22(23)14(11)21-13-6-5-10(17)8-12(13)15/h3-9,21H,1-2H3. The lowest BCUT2D eigenvalue weighted by Gasteiger charge is -2.40. The zero-order chi connectivity index (χ0) is 17.7. The van der Waals surface area contributed by atoms with Crippen molar-refractivity contribution in [3.05, 3.63) is 57.9 Å². The first-order valence-corrected chi connectivity index (χ1v) is 7.59. The van der Waals surface area contributed by atoms with Crippen molar-refractivity contribution < 1.29 is 22.6 Å². The first kappa shape index (κ1) is 16.9. The van der Waals surface area contributed by atoms with Crippen molar-refractivity contribution in [3.63, 3.8) is 0 Å². The fraction of sp³-hybridized carbons (Fsp3) is 0.312. The number of hydrogen-bond acceptors (Lipinski definition) is 3. The number of pyridine rings is 1. The summed E-state index contributed by atoms with van der Waals surface area (Å²) in [5, 5.41) is 14.9. The van der Waals surface area contributed by atoms with Gasteiger partial charge in [0.2, 0.25) is 5.60 Å². The van der Waals surface area contributed by atoms with E-state index in [-0.39, 0.29) is 27.7 Å². The first-order chi connectivity index (χ1) is 11.2. The molecule has 8 heteroatoms. The summed E-state index contributed by atoms with van der Waals surface area (Å²) in [5.74, 6) is -0.217. The van der Waals surface area contributed by atoms with Crippen LogP contribution in [0.1, 0.15) is 25.0 Å². The summed E-state index contributed by atoms with van der Waals surface area (Å²) in [7, 11) is 0. The molecule has 2 aromatic rings. The molecule has 3 rings (SSSR count). The highest BCUT2D eigenvalue weighted by molar-refractivity contribution is 6.30. The normalized spacial score (nSPS) is 19.6. The molecule has 0 fully saturated rings. The van der Waals surface area contributed by atoms with Crippen LogP contribution in [0, 0.1) is 5.21 Å². The Kier molecular flexibility index (Phi) is 3.88. The summed E-state index contributed by atoms with van der Waals surface area (Å²) in [5.41, 5.74) is -3.12. The fourth-order valence-electron chi connectivity index (χ4n) is 2.94. The molecule has 0 saturated heterocycles. The second-order valence-corrected chi connectivity index (χ2v) is 6.19. The molecule has 0 saturated carbocycles. The van der Waals surface area contributed by atoms with E-state index in [4.69, 9.17) is 16.3 Å². The Hall–Kier alpha value is -1.99. The molecule has 128 valence electrons. The smallest absolute Gasteiger partial charge is 0.426 e. The van der Waals surface area contributed by atoms with Gasteiger partial charge in [0.05, 0.1) is 17.9 Å². The SMILES string of the molecule is CC(C)OC1(C(F)(F)F)c2cc(Cl)ccc2Nc2c1ccc[n+]2[O-]. The molecule has 1 aliphatic rings. The van der Waals surface area contributed by atoms with Crippen molar-refractivity contribution in [2.45, 2.75) is 31.7 Å². The lowest BCUT2D eigenvalue weighted by molar-refractivity contribution is -0.591. The van der Waals surface area contributed by atoms with Crippen molar-refractivity contribution >= 4 is 23.1 Å². The lowest BCUT2D eigenvalue weighted by Crippen LogP contribution is -2.51. The van der Waals surface area contributed by atoms with Gasteiger partial charge in [-0.2, -0.15) is 13.2 Å². The molecule has 0 amide bonds. The van der Waals surface area contributed by atoms with E-state index in [1.165, 1.54) is 44.2 Å². The summed E-state index contributed by atoms with van der Waals surface area (Å²) in [4.78, 5) is 0. The second-order valence-electron chi connectivity index (χ2n) is 5.76.